The molecule has 4 nitrogen and oxygen atoms in total. The van der Waals surface area contributed by atoms with Gasteiger partial charge in [0.25, 0.3) is 0 Å². The Morgan fingerprint density at radius 2 is 1.69 bits per heavy atom. The van der Waals surface area contributed by atoms with E-state index >= 15 is 0 Å². The molecule has 0 saturated heterocycles. The summed E-state index contributed by atoms with van der Waals surface area (Å²) in [5.74, 6) is -4.45. The summed E-state index contributed by atoms with van der Waals surface area (Å²) in [5.41, 5.74) is -3.79. The molecule has 0 spiro atoms. The Bertz CT molecular complexity index is 998. The molecule has 1 aliphatic rings. The van der Waals surface area contributed by atoms with E-state index in [0.717, 1.165) is 0 Å². The van der Waals surface area contributed by atoms with Crippen molar-refractivity contribution in [1.82, 2.24) is 4.98 Å². The van der Waals surface area contributed by atoms with Crippen LogP contribution >= 0.6 is 63.7 Å². The van der Waals surface area contributed by atoms with Crippen LogP contribution in [0.15, 0.2) is 48.5 Å². The molecule has 1 aromatic carbocycles. The van der Waals surface area contributed by atoms with Gasteiger partial charge in [0, 0.05) is 6.07 Å². The van der Waals surface area contributed by atoms with Crippen molar-refractivity contribution >= 4 is 69.7 Å². The van der Waals surface area contributed by atoms with Crippen molar-refractivity contribution in [2.24, 2.45) is 16.7 Å². The number of benzene rings is 1. The summed E-state index contributed by atoms with van der Waals surface area (Å²) in [6, 6.07) is 12.5. The van der Waals surface area contributed by atoms with E-state index in [2.05, 4.69) is 68.7 Å². The number of aromatic nitrogens is 1. The highest BCUT2D eigenvalue weighted by Crippen LogP contribution is 2.80. The number of ether oxygens (including phenoxy) is 1. The van der Waals surface area contributed by atoms with Gasteiger partial charge in [-0.2, -0.15) is 13.2 Å². The standard InChI is InChI=1S/C21H18Br4F3NO3/c1-18(2)15(16(22)20(23,24)25)19(18,17(30)31)14(21(26,27)28)12-9-6-10-13(29-12)32-11-7-4-3-5-8-11/h3-10,14-16H,1-2H3,(H,30,31)/t14?,15?,16?,19-/m0/s1. The predicted molar refractivity (Wildman–Crippen MR) is 129 cm³/mol. The molecule has 11 heteroatoms. The molecular weight excluding hydrogens is 691 g/mol. The van der Waals surface area contributed by atoms with Crippen LogP contribution in [0.5, 0.6) is 11.6 Å². The Balaban J connectivity index is 2.12. The van der Waals surface area contributed by atoms with E-state index in [1.165, 1.54) is 32.0 Å². The Labute approximate surface area is 216 Å². The van der Waals surface area contributed by atoms with Gasteiger partial charge in [0.1, 0.15) is 13.8 Å². The van der Waals surface area contributed by atoms with E-state index in [4.69, 9.17) is 4.74 Å². The molecule has 0 amide bonds. The van der Waals surface area contributed by atoms with Crippen LogP contribution in [0.2, 0.25) is 0 Å². The number of alkyl halides is 7. The van der Waals surface area contributed by atoms with Crippen LogP contribution in [0.25, 0.3) is 0 Å². The number of rotatable bonds is 6. The van der Waals surface area contributed by atoms with Crippen molar-refractivity contribution in [2.75, 3.05) is 0 Å². The zero-order valence-electron chi connectivity index (χ0n) is 16.7. The number of carbonyl (C=O) groups is 1. The SMILES string of the molecule is CC1(C)C(C(Br)C(Br)(Br)Br)[C@]1(C(=O)O)C(c1cccc(Oc2ccccc2)n1)C(F)(F)F. The number of para-hydroxylation sites is 1. The molecule has 1 aromatic heterocycles. The van der Waals surface area contributed by atoms with Crippen molar-refractivity contribution in [2.45, 2.75) is 32.9 Å². The molecule has 3 unspecified atom stereocenters. The highest BCUT2D eigenvalue weighted by molar-refractivity contribution is 9.40. The second-order valence-electron chi connectivity index (χ2n) is 8.11. The smallest absolute Gasteiger partial charge is 0.398 e. The van der Waals surface area contributed by atoms with E-state index in [9.17, 15) is 23.1 Å². The van der Waals surface area contributed by atoms with Crippen LogP contribution in [0, 0.1) is 16.7 Å². The summed E-state index contributed by atoms with van der Waals surface area (Å²) in [4.78, 5) is 15.9. The van der Waals surface area contributed by atoms with Crippen molar-refractivity contribution in [1.29, 1.82) is 0 Å². The fourth-order valence-electron chi connectivity index (χ4n) is 4.62. The number of nitrogens with zero attached hydrogens (tertiary/aromatic N) is 1. The van der Waals surface area contributed by atoms with Gasteiger partial charge in [0.2, 0.25) is 5.88 Å². The second kappa shape index (κ2) is 8.85. The minimum Gasteiger partial charge on any atom is -0.481 e. The van der Waals surface area contributed by atoms with Gasteiger partial charge in [-0.25, -0.2) is 4.98 Å². The molecular formula is C21H18Br4F3NO3. The van der Waals surface area contributed by atoms with Gasteiger partial charge < -0.3 is 9.84 Å². The summed E-state index contributed by atoms with van der Waals surface area (Å²) in [5, 5.41) is 10.2. The van der Waals surface area contributed by atoms with E-state index in [1.807, 2.05) is 0 Å². The van der Waals surface area contributed by atoms with Crippen molar-refractivity contribution in [3.05, 3.63) is 54.2 Å². The molecule has 0 bridgehead atoms. The van der Waals surface area contributed by atoms with Crippen molar-refractivity contribution < 1.29 is 27.8 Å². The predicted octanol–water partition coefficient (Wildman–Crippen LogP) is 7.85. The first-order valence-electron chi connectivity index (χ1n) is 9.36. The maximum absolute atomic E-state index is 14.5. The summed E-state index contributed by atoms with van der Waals surface area (Å²) < 4.78 is 48.2. The maximum Gasteiger partial charge on any atom is 0.398 e. The first kappa shape index (κ1) is 26.0. The third-order valence-corrected chi connectivity index (χ3v) is 10.5. The lowest BCUT2D eigenvalue weighted by atomic mass is 9.79. The van der Waals surface area contributed by atoms with Gasteiger partial charge in [-0.1, -0.05) is 102 Å². The molecule has 1 N–H and O–H groups in total. The minimum atomic E-state index is -4.87. The highest BCUT2D eigenvalue weighted by Gasteiger charge is 2.85. The lowest BCUT2D eigenvalue weighted by molar-refractivity contribution is -0.185. The summed E-state index contributed by atoms with van der Waals surface area (Å²) in [7, 11) is 0. The molecule has 0 radical (unpaired) electrons. The summed E-state index contributed by atoms with van der Waals surface area (Å²) in [6.45, 7) is 3.06. The highest BCUT2D eigenvalue weighted by atomic mass is 80.0. The van der Waals surface area contributed by atoms with Gasteiger partial charge in [-0.3, -0.25) is 4.79 Å². The Kier molecular flexibility index (Phi) is 7.18. The fourth-order valence-corrected chi connectivity index (χ4v) is 6.49. The van der Waals surface area contributed by atoms with Crippen LogP contribution in [0.4, 0.5) is 13.2 Å². The van der Waals surface area contributed by atoms with E-state index in [-0.39, 0.29) is 5.88 Å². The van der Waals surface area contributed by atoms with Crippen molar-refractivity contribution in [3.63, 3.8) is 0 Å². The van der Waals surface area contributed by atoms with Crippen LogP contribution in [-0.2, 0) is 4.79 Å². The molecule has 1 aliphatic carbocycles. The summed E-state index contributed by atoms with van der Waals surface area (Å²) in [6.07, 6.45) is -4.87. The van der Waals surface area contributed by atoms with E-state index < -0.39 is 47.5 Å². The van der Waals surface area contributed by atoms with Gasteiger partial charge in [-0.15, -0.1) is 0 Å². The summed E-state index contributed by atoms with van der Waals surface area (Å²) >= 11 is 13.3. The zero-order valence-corrected chi connectivity index (χ0v) is 23.1. The molecule has 0 aliphatic heterocycles. The topological polar surface area (TPSA) is 59.4 Å². The van der Waals surface area contributed by atoms with Crippen LogP contribution in [-0.4, -0.2) is 29.2 Å². The molecule has 1 fully saturated rings. The Hall–Kier alpha value is -0.650. The third kappa shape index (κ3) is 4.51. The fraction of sp³-hybridized carbons (Fsp3) is 0.429. The zero-order chi connectivity index (χ0) is 24.1. The molecule has 1 saturated carbocycles. The van der Waals surface area contributed by atoms with Crippen LogP contribution < -0.4 is 4.74 Å². The van der Waals surface area contributed by atoms with Gasteiger partial charge in [-0.05, 0) is 29.5 Å². The molecule has 32 heavy (non-hydrogen) atoms. The third-order valence-electron chi connectivity index (χ3n) is 6.00. The van der Waals surface area contributed by atoms with Gasteiger partial charge in [0.05, 0.1) is 15.9 Å². The number of halogens is 7. The molecule has 1 heterocycles. The van der Waals surface area contributed by atoms with Crippen LogP contribution in [0.1, 0.15) is 25.5 Å². The lowest BCUT2D eigenvalue weighted by Gasteiger charge is -2.30. The van der Waals surface area contributed by atoms with Crippen LogP contribution in [0.3, 0.4) is 0 Å². The minimum absolute atomic E-state index is 0.0512. The number of pyridine rings is 1. The average molecular weight is 709 g/mol. The molecule has 174 valence electrons. The average Bonchev–Trinajstić information content (AvgIpc) is 3.17. The number of carboxylic acids is 1. The molecule has 4 atom stereocenters. The number of carboxylic acid groups (broad SMARTS) is 1. The largest absolute Gasteiger partial charge is 0.481 e. The number of hydrogen-bond donors (Lipinski definition) is 1. The Morgan fingerprint density at radius 1 is 1.09 bits per heavy atom. The van der Waals surface area contributed by atoms with E-state index in [0.29, 0.717) is 5.75 Å². The maximum atomic E-state index is 14.5. The van der Waals surface area contributed by atoms with Gasteiger partial charge in [0.15, 0.2) is 0 Å². The first-order valence-corrected chi connectivity index (χ1v) is 12.7. The molecule has 3 rings (SSSR count). The lowest BCUT2D eigenvalue weighted by Crippen LogP contribution is -2.40. The normalized spacial score (nSPS) is 24.5. The van der Waals surface area contributed by atoms with E-state index in [1.54, 1.807) is 30.3 Å². The monoisotopic (exact) mass is 705 g/mol. The first-order chi connectivity index (χ1) is 14.6. The second-order valence-corrected chi connectivity index (χ2v) is 16.0. The van der Waals surface area contributed by atoms with Crippen molar-refractivity contribution in [3.8, 4) is 11.6 Å². The number of aliphatic carboxylic acids is 1. The molecule has 2 aromatic rings. The quantitative estimate of drug-likeness (QED) is 0.311. The van der Waals surface area contributed by atoms with Gasteiger partial charge >= 0.3 is 12.1 Å². The Morgan fingerprint density at radius 3 is 2.19 bits per heavy atom. The number of hydrogen-bond acceptors (Lipinski definition) is 3.